The number of hydrogen-bond acceptors (Lipinski definition) is 4. The van der Waals surface area contributed by atoms with Gasteiger partial charge in [0, 0.05) is 6.42 Å². The van der Waals surface area contributed by atoms with E-state index in [2.05, 4.69) is 14.9 Å². The van der Waals surface area contributed by atoms with E-state index in [1.54, 1.807) is 0 Å². The first-order valence-corrected chi connectivity index (χ1v) is 3.38. The van der Waals surface area contributed by atoms with Crippen LogP contribution in [0.15, 0.2) is 6.33 Å². The van der Waals surface area contributed by atoms with Gasteiger partial charge in [0.2, 0.25) is 0 Å². The number of aryl methyl sites for hydroxylation is 1. The van der Waals surface area contributed by atoms with Gasteiger partial charge in [-0.3, -0.25) is 4.79 Å². The molecule has 0 fully saturated rings. The summed E-state index contributed by atoms with van der Waals surface area (Å²) in [4.78, 5) is 19.4. The monoisotopic (exact) mass is 155 g/mol. The Hall–Kier alpha value is -1.39. The minimum Gasteiger partial charge on any atom is -0.321 e. The molecule has 0 saturated carbocycles. The minimum atomic E-state index is 0.327. The Kier molecular flexibility index (Phi) is 2.59. The maximum atomic E-state index is 9.92. The van der Waals surface area contributed by atoms with E-state index < -0.39 is 0 Å². The summed E-state index contributed by atoms with van der Waals surface area (Å²) in [5, 5.41) is 3.68. The van der Waals surface area contributed by atoms with Crippen LogP contribution in [0.1, 0.15) is 19.2 Å². The molecule has 0 N–H and O–H groups in total. The maximum absolute atomic E-state index is 9.92. The molecule has 0 radical (unpaired) electrons. The molecule has 1 rings (SSSR count). The largest absolute Gasteiger partial charge is 0.323 e. The van der Waals surface area contributed by atoms with Crippen molar-refractivity contribution in [3.8, 4) is 0 Å². The molecule has 11 heavy (non-hydrogen) atoms. The van der Waals surface area contributed by atoms with Crippen molar-refractivity contribution in [2.24, 2.45) is 0 Å². The first-order valence-electron chi connectivity index (χ1n) is 3.38. The minimum absolute atomic E-state index is 0.327. The van der Waals surface area contributed by atoms with E-state index in [1.165, 1.54) is 6.33 Å². The number of nitrogens with zero attached hydrogens (tertiary/aromatic N) is 3. The predicted octanol–water partition coefficient (Wildman–Crippen LogP) is -0.184. The van der Waals surface area contributed by atoms with Crippen molar-refractivity contribution in [3.63, 3.8) is 0 Å². The summed E-state index contributed by atoms with van der Waals surface area (Å²) in [6.45, 7) is 2.34. The average molecular weight is 155 g/mol. The summed E-state index contributed by atoms with van der Waals surface area (Å²) in [7, 11) is 0. The molecule has 60 valence electrons. The zero-order chi connectivity index (χ0) is 8.10. The Morgan fingerprint density at radius 2 is 2.64 bits per heavy atom. The summed E-state index contributed by atoms with van der Waals surface area (Å²) in [5.74, 6) is 0.666. The van der Waals surface area contributed by atoms with Crippen LogP contribution in [0, 0.1) is 0 Å². The van der Waals surface area contributed by atoms with Crippen LogP contribution in [0.4, 0.5) is 0 Å². The third kappa shape index (κ3) is 1.76. The standard InChI is InChI=1S/C6H9N3O2/c1-2-3-6-7-4-8-9(6)11-5-10/h4-5H,2-3H2,1H3. The van der Waals surface area contributed by atoms with Crippen LogP contribution in [0.5, 0.6) is 0 Å². The molecule has 0 unspecified atom stereocenters. The molecule has 0 saturated heterocycles. The molecule has 0 aromatic carbocycles. The van der Waals surface area contributed by atoms with Crippen molar-refractivity contribution < 1.29 is 9.63 Å². The van der Waals surface area contributed by atoms with Crippen molar-refractivity contribution in [3.05, 3.63) is 12.2 Å². The van der Waals surface area contributed by atoms with Crippen LogP contribution >= 0.6 is 0 Å². The lowest BCUT2D eigenvalue weighted by Crippen LogP contribution is -2.14. The summed E-state index contributed by atoms with van der Waals surface area (Å²) in [6, 6.07) is 0. The Bertz CT molecular complexity index is 233. The normalized spacial score (nSPS) is 9.55. The smallest absolute Gasteiger partial charge is 0.321 e. The maximum Gasteiger partial charge on any atom is 0.323 e. The molecule has 5 nitrogen and oxygen atoms in total. The average Bonchev–Trinajstić information content (AvgIpc) is 2.39. The highest BCUT2D eigenvalue weighted by atomic mass is 16.7. The Labute approximate surface area is 63.9 Å². The molecule has 0 aliphatic carbocycles. The summed E-state index contributed by atoms with van der Waals surface area (Å²) in [5.41, 5.74) is 0. The van der Waals surface area contributed by atoms with E-state index >= 15 is 0 Å². The van der Waals surface area contributed by atoms with Crippen molar-refractivity contribution in [2.45, 2.75) is 19.8 Å². The van der Waals surface area contributed by atoms with Gasteiger partial charge >= 0.3 is 6.47 Å². The van der Waals surface area contributed by atoms with Crippen molar-refractivity contribution >= 4 is 6.47 Å². The highest BCUT2D eigenvalue weighted by Gasteiger charge is 2.01. The second-order valence-corrected chi connectivity index (χ2v) is 2.00. The van der Waals surface area contributed by atoms with Crippen LogP contribution in [0.2, 0.25) is 0 Å². The van der Waals surface area contributed by atoms with Crippen LogP contribution < -0.4 is 4.84 Å². The molecule has 0 aliphatic heterocycles. The number of carbonyl (C=O) groups is 1. The van der Waals surface area contributed by atoms with Crippen molar-refractivity contribution in [1.82, 2.24) is 14.9 Å². The lowest BCUT2D eigenvalue weighted by Gasteiger charge is -1.98. The molecule has 1 heterocycles. The first-order chi connectivity index (χ1) is 5.38. The van der Waals surface area contributed by atoms with Gasteiger partial charge in [-0.15, -0.1) is 5.10 Å². The van der Waals surface area contributed by atoms with Gasteiger partial charge in [-0.1, -0.05) is 11.8 Å². The van der Waals surface area contributed by atoms with E-state index in [0.717, 1.165) is 17.7 Å². The molecule has 0 spiro atoms. The van der Waals surface area contributed by atoms with Gasteiger partial charge in [0.05, 0.1) is 0 Å². The highest BCUT2D eigenvalue weighted by molar-refractivity contribution is 5.37. The van der Waals surface area contributed by atoms with Crippen molar-refractivity contribution in [2.75, 3.05) is 0 Å². The van der Waals surface area contributed by atoms with Gasteiger partial charge in [-0.2, -0.15) is 0 Å². The van der Waals surface area contributed by atoms with Crippen LogP contribution in [0.3, 0.4) is 0 Å². The lowest BCUT2D eigenvalue weighted by molar-refractivity contribution is -0.131. The molecule has 5 heteroatoms. The fourth-order valence-corrected chi connectivity index (χ4v) is 0.768. The highest BCUT2D eigenvalue weighted by Crippen LogP contribution is 1.94. The third-order valence-electron chi connectivity index (χ3n) is 1.20. The second-order valence-electron chi connectivity index (χ2n) is 2.00. The van der Waals surface area contributed by atoms with Crippen LogP contribution in [-0.2, 0) is 11.2 Å². The molecule has 0 atom stereocenters. The van der Waals surface area contributed by atoms with Crippen LogP contribution in [0.25, 0.3) is 0 Å². The molecular weight excluding hydrogens is 146 g/mol. The van der Waals surface area contributed by atoms with Crippen molar-refractivity contribution in [1.29, 1.82) is 0 Å². The van der Waals surface area contributed by atoms with E-state index in [9.17, 15) is 4.79 Å². The van der Waals surface area contributed by atoms with E-state index in [0.29, 0.717) is 12.3 Å². The van der Waals surface area contributed by atoms with Gasteiger partial charge in [0.25, 0.3) is 0 Å². The van der Waals surface area contributed by atoms with Gasteiger partial charge in [0.15, 0.2) is 5.82 Å². The lowest BCUT2D eigenvalue weighted by atomic mass is 10.3. The van der Waals surface area contributed by atoms with E-state index in [4.69, 9.17) is 0 Å². The Balaban J connectivity index is 2.69. The summed E-state index contributed by atoms with van der Waals surface area (Å²) >= 11 is 0. The zero-order valence-corrected chi connectivity index (χ0v) is 6.23. The number of aromatic nitrogens is 3. The van der Waals surface area contributed by atoms with Gasteiger partial charge in [-0.05, 0) is 6.42 Å². The fraction of sp³-hybridized carbons (Fsp3) is 0.500. The molecule has 0 bridgehead atoms. The predicted molar refractivity (Wildman–Crippen MR) is 36.7 cm³/mol. The molecule has 1 aromatic rings. The Morgan fingerprint density at radius 3 is 3.27 bits per heavy atom. The topological polar surface area (TPSA) is 57.0 Å². The van der Waals surface area contributed by atoms with Gasteiger partial charge in [0.1, 0.15) is 6.33 Å². The molecule has 0 amide bonds. The Morgan fingerprint density at radius 1 is 1.82 bits per heavy atom. The fourth-order valence-electron chi connectivity index (χ4n) is 0.768. The molecule has 0 aliphatic rings. The number of hydrogen-bond donors (Lipinski definition) is 0. The second kappa shape index (κ2) is 3.70. The summed E-state index contributed by atoms with van der Waals surface area (Å²) < 4.78 is 0. The molecule has 1 aromatic heterocycles. The quantitative estimate of drug-likeness (QED) is 0.566. The van der Waals surface area contributed by atoms with Gasteiger partial charge < -0.3 is 4.84 Å². The zero-order valence-electron chi connectivity index (χ0n) is 6.23. The third-order valence-corrected chi connectivity index (χ3v) is 1.20. The number of carbonyl (C=O) groups excluding carboxylic acids is 1. The SMILES string of the molecule is CCCc1ncnn1OC=O. The first kappa shape index (κ1) is 7.71. The van der Waals surface area contributed by atoms with Gasteiger partial charge in [-0.25, -0.2) is 4.98 Å². The van der Waals surface area contributed by atoms with E-state index in [1.807, 2.05) is 6.92 Å². The number of rotatable bonds is 4. The molecular formula is C6H9N3O2. The van der Waals surface area contributed by atoms with E-state index in [-0.39, 0.29) is 0 Å². The van der Waals surface area contributed by atoms with Crippen LogP contribution in [-0.4, -0.2) is 21.4 Å². The summed E-state index contributed by atoms with van der Waals surface area (Å²) in [6.07, 6.45) is 3.06.